The maximum Gasteiger partial charge on any atom is 0.416 e. The second kappa shape index (κ2) is 8.55. The summed E-state index contributed by atoms with van der Waals surface area (Å²) in [6.45, 7) is 1.71. The quantitative estimate of drug-likeness (QED) is 0.710. The van der Waals surface area contributed by atoms with E-state index >= 15 is 0 Å². The molecule has 4 nitrogen and oxygen atoms in total. The number of anilines is 2. The number of hydrogen-bond donors (Lipinski definition) is 1. The van der Waals surface area contributed by atoms with Crippen LogP contribution in [0.3, 0.4) is 0 Å². The molecule has 10 heteroatoms. The lowest BCUT2D eigenvalue weighted by Gasteiger charge is -2.31. The first-order valence-corrected chi connectivity index (χ1v) is 9.04. The molecule has 0 bridgehead atoms. The third-order valence-corrected chi connectivity index (χ3v) is 4.60. The highest BCUT2D eigenvalue weighted by atomic mass is 19.4. The van der Waals surface area contributed by atoms with Gasteiger partial charge in [0.05, 0.1) is 42.1 Å². The Labute approximate surface area is 168 Å². The monoisotopic (exact) mass is 432 g/mol. The second-order valence-corrected chi connectivity index (χ2v) is 6.75. The van der Waals surface area contributed by atoms with E-state index in [1.54, 1.807) is 4.90 Å². The van der Waals surface area contributed by atoms with Crippen LogP contribution in [0, 0.1) is 0 Å². The molecular weight excluding hydrogens is 414 g/mol. The van der Waals surface area contributed by atoms with Gasteiger partial charge in [0, 0.05) is 13.1 Å². The molecule has 1 aliphatic rings. The molecule has 1 amide bonds. The molecule has 0 saturated carbocycles. The molecule has 1 saturated heterocycles. The van der Waals surface area contributed by atoms with Crippen molar-refractivity contribution in [3.05, 3.63) is 59.2 Å². The van der Waals surface area contributed by atoms with Gasteiger partial charge in [0.1, 0.15) is 0 Å². The van der Waals surface area contributed by atoms with E-state index in [1.807, 2.05) is 0 Å². The van der Waals surface area contributed by atoms with E-state index < -0.39 is 29.4 Å². The SMILES string of the molecule is O=C(Cc1ccc(C(F)(F)F)cc1)Nc1cc(C(F)(F)F)ccc1N1CCOCC1. The number of morpholine rings is 1. The topological polar surface area (TPSA) is 41.6 Å². The Hall–Kier alpha value is -2.75. The Kier molecular flexibility index (Phi) is 6.25. The number of amides is 1. The van der Waals surface area contributed by atoms with Crippen molar-refractivity contribution < 1.29 is 35.9 Å². The van der Waals surface area contributed by atoms with Gasteiger partial charge < -0.3 is 15.0 Å². The molecule has 1 aliphatic heterocycles. The molecule has 0 unspecified atom stereocenters. The van der Waals surface area contributed by atoms with E-state index in [0.717, 1.165) is 36.4 Å². The highest BCUT2D eigenvalue weighted by Gasteiger charge is 2.32. The minimum atomic E-state index is -4.59. The van der Waals surface area contributed by atoms with Crippen LogP contribution in [0.5, 0.6) is 0 Å². The maximum absolute atomic E-state index is 13.1. The van der Waals surface area contributed by atoms with Gasteiger partial charge in [0.25, 0.3) is 0 Å². The van der Waals surface area contributed by atoms with Gasteiger partial charge in [0.15, 0.2) is 0 Å². The normalized spacial score (nSPS) is 15.2. The molecule has 0 aliphatic carbocycles. The molecule has 1 fully saturated rings. The molecule has 0 atom stereocenters. The summed E-state index contributed by atoms with van der Waals surface area (Å²) >= 11 is 0. The fraction of sp³-hybridized carbons (Fsp3) is 0.350. The lowest BCUT2D eigenvalue weighted by atomic mass is 10.1. The second-order valence-electron chi connectivity index (χ2n) is 6.75. The number of ether oxygens (including phenoxy) is 1. The third-order valence-electron chi connectivity index (χ3n) is 4.60. The summed E-state index contributed by atoms with van der Waals surface area (Å²) in [6.07, 6.45) is -9.36. The van der Waals surface area contributed by atoms with Gasteiger partial charge >= 0.3 is 12.4 Å². The van der Waals surface area contributed by atoms with E-state index in [1.165, 1.54) is 6.07 Å². The van der Waals surface area contributed by atoms with Crippen LogP contribution in [0.4, 0.5) is 37.7 Å². The largest absolute Gasteiger partial charge is 0.416 e. The van der Waals surface area contributed by atoms with Crippen LogP contribution in [0.1, 0.15) is 16.7 Å². The summed E-state index contributed by atoms with van der Waals surface area (Å²) in [5, 5.41) is 2.47. The zero-order valence-corrected chi connectivity index (χ0v) is 15.6. The molecular formula is C20H18F6N2O2. The van der Waals surface area contributed by atoms with Gasteiger partial charge in [-0.3, -0.25) is 4.79 Å². The summed E-state index contributed by atoms with van der Waals surface area (Å²) in [6, 6.07) is 7.13. The van der Waals surface area contributed by atoms with E-state index in [2.05, 4.69) is 5.32 Å². The van der Waals surface area contributed by atoms with Crippen molar-refractivity contribution in [1.29, 1.82) is 0 Å². The number of nitrogens with zero attached hydrogens (tertiary/aromatic N) is 1. The van der Waals surface area contributed by atoms with Crippen molar-refractivity contribution in [3.8, 4) is 0 Å². The van der Waals surface area contributed by atoms with Crippen LogP contribution < -0.4 is 10.2 Å². The van der Waals surface area contributed by atoms with Crippen molar-refractivity contribution >= 4 is 17.3 Å². The van der Waals surface area contributed by atoms with E-state index in [9.17, 15) is 31.1 Å². The number of alkyl halides is 6. The number of hydrogen-bond acceptors (Lipinski definition) is 3. The van der Waals surface area contributed by atoms with Crippen molar-refractivity contribution in [2.45, 2.75) is 18.8 Å². The number of halogens is 6. The first-order valence-electron chi connectivity index (χ1n) is 9.04. The van der Waals surface area contributed by atoms with Crippen molar-refractivity contribution in [3.63, 3.8) is 0 Å². The minimum absolute atomic E-state index is 0.0105. The maximum atomic E-state index is 13.1. The Morgan fingerprint density at radius 1 is 0.900 bits per heavy atom. The van der Waals surface area contributed by atoms with E-state index in [0.29, 0.717) is 37.6 Å². The first kappa shape index (κ1) is 21.9. The zero-order chi connectivity index (χ0) is 21.9. The Morgan fingerprint density at radius 3 is 2.03 bits per heavy atom. The number of carbonyl (C=O) groups is 1. The smallest absolute Gasteiger partial charge is 0.378 e. The lowest BCUT2D eigenvalue weighted by molar-refractivity contribution is -0.138. The van der Waals surface area contributed by atoms with Crippen LogP contribution >= 0.6 is 0 Å². The average molecular weight is 432 g/mol. The Balaban J connectivity index is 1.80. The van der Waals surface area contributed by atoms with Crippen molar-refractivity contribution in [2.75, 3.05) is 36.5 Å². The summed E-state index contributed by atoms with van der Waals surface area (Å²) < 4.78 is 82.5. The van der Waals surface area contributed by atoms with Crippen molar-refractivity contribution in [1.82, 2.24) is 0 Å². The predicted molar refractivity (Wildman–Crippen MR) is 98.3 cm³/mol. The molecule has 162 valence electrons. The standard InChI is InChI=1S/C20H18F6N2O2/c21-19(22,23)14-3-1-13(2-4-14)11-18(29)27-16-12-15(20(24,25)26)5-6-17(16)28-7-9-30-10-8-28/h1-6,12H,7-11H2,(H,27,29). The van der Waals surface area contributed by atoms with E-state index in [-0.39, 0.29) is 12.1 Å². The van der Waals surface area contributed by atoms with Gasteiger partial charge in [-0.1, -0.05) is 12.1 Å². The van der Waals surface area contributed by atoms with Crippen LogP contribution in [0.2, 0.25) is 0 Å². The molecule has 30 heavy (non-hydrogen) atoms. The molecule has 1 heterocycles. The van der Waals surface area contributed by atoms with Crippen LogP contribution in [-0.2, 0) is 28.3 Å². The third kappa shape index (κ3) is 5.44. The summed E-state index contributed by atoms with van der Waals surface area (Å²) in [5.41, 5.74) is -1.04. The molecule has 0 radical (unpaired) electrons. The highest BCUT2D eigenvalue weighted by molar-refractivity contribution is 5.95. The van der Waals surface area contributed by atoms with Gasteiger partial charge in [-0.15, -0.1) is 0 Å². The summed E-state index contributed by atoms with van der Waals surface area (Å²) in [7, 11) is 0. The number of benzene rings is 2. The Bertz CT molecular complexity index is 888. The summed E-state index contributed by atoms with van der Waals surface area (Å²) in [4.78, 5) is 14.2. The Morgan fingerprint density at radius 2 is 1.47 bits per heavy atom. The number of rotatable bonds is 4. The van der Waals surface area contributed by atoms with Crippen LogP contribution in [-0.4, -0.2) is 32.2 Å². The average Bonchev–Trinajstić information content (AvgIpc) is 2.67. The summed E-state index contributed by atoms with van der Waals surface area (Å²) in [5.74, 6) is -0.636. The molecule has 0 aromatic heterocycles. The number of nitrogens with one attached hydrogen (secondary N) is 1. The fourth-order valence-electron chi connectivity index (χ4n) is 3.08. The van der Waals surface area contributed by atoms with Gasteiger partial charge in [0.2, 0.25) is 5.91 Å². The van der Waals surface area contributed by atoms with Crippen molar-refractivity contribution in [2.24, 2.45) is 0 Å². The molecule has 3 rings (SSSR count). The van der Waals surface area contributed by atoms with Crippen LogP contribution in [0.15, 0.2) is 42.5 Å². The van der Waals surface area contributed by atoms with Gasteiger partial charge in [-0.25, -0.2) is 0 Å². The minimum Gasteiger partial charge on any atom is -0.378 e. The molecule has 0 spiro atoms. The molecule has 2 aromatic rings. The molecule has 2 aromatic carbocycles. The predicted octanol–water partition coefficient (Wildman–Crippen LogP) is 4.74. The zero-order valence-electron chi connectivity index (χ0n) is 15.6. The van der Waals surface area contributed by atoms with Gasteiger partial charge in [-0.2, -0.15) is 26.3 Å². The molecule has 1 N–H and O–H groups in total. The lowest BCUT2D eigenvalue weighted by Crippen LogP contribution is -2.37. The number of carbonyl (C=O) groups excluding carboxylic acids is 1. The highest BCUT2D eigenvalue weighted by Crippen LogP contribution is 2.36. The fourth-order valence-corrected chi connectivity index (χ4v) is 3.08. The van der Waals surface area contributed by atoms with Crippen LogP contribution in [0.25, 0.3) is 0 Å². The first-order chi connectivity index (χ1) is 14.0. The van der Waals surface area contributed by atoms with Gasteiger partial charge in [-0.05, 0) is 35.9 Å². The van der Waals surface area contributed by atoms with E-state index in [4.69, 9.17) is 4.74 Å².